The van der Waals surface area contributed by atoms with Crippen molar-refractivity contribution in [3.63, 3.8) is 0 Å². The van der Waals surface area contributed by atoms with Crippen LogP contribution in [-0.2, 0) is 0 Å². The Kier molecular flexibility index (Phi) is 4.19. The molecule has 0 saturated carbocycles. The average molecular weight is 180 g/mol. The fourth-order valence-corrected chi connectivity index (χ4v) is 1.83. The summed E-state index contributed by atoms with van der Waals surface area (Å²) >= 11 is 1.88. The Balaban J connectivity index is 2.25. The van der Waals surface area contributed by atoms with Gasteiger partial charge in [-0.2, -0.15) is 0 Å². The number of nitrogens with zero attached hydrogens (tertiary/aromatic N) is 1. The molecule has 1 rings (SSSR count). The Morgan fingerprint density at radius 1 is 1.50 bits per heavy atom. The first-order chi connectivity index (χ1) is 5.79. The molecule has 1 radical (unpaired) electrons. The summed E-state index contributed by atoms with van der Waals surface area (Å²) in [4.78, 5) is 3.50. The van der Waals surface area contributed by atoms with Crippen molar-refractivity contribution >= 4 is 11.8 Å². The lowest BCUT2D eigenvalue weighted by Gasteiger charge is -2.08. The van der Waals surface area contributed by atoms with E-state index in [0.717, 1.165) is 12.3 Å². The van der Waals surface area contributed by atoms with Gasteiger partial charge in [-0.1, -0.05) is 12.1 Å². The van der Waals surface area contributed by atoms with E-state index in [9.17, 15) is 0 Å². The second-order valence-electron chi connectivity index (χ2n) is 2.89. The molecule has 0 spiro atoms. The van der Waals surface area contributed by atoms with E-state index < -0.39 is 0 Å². The molecule has 0 unspecified atom stereocenters. The van der Waals surface area contributed by atoms with E-state index in [1.807, 2.05) is 30.0 Å². The van der Waals surface area contributed by atoms with Crippen molar-refractivity contribution in [2.45, 2.75) is 4.90 Å². The quantitative estimate of drug-likeness (QED) is 0.653. The summed E-state index contributed by atoms with van der Waals surface area (Å²) in [5.41, 5.74) is 0. The number of hydrogen-bond acceptors (Lipinski definition) is 2. The molecule has 0 amide bonds. The first kappa shape index (κ1) is 9.62. The van der Waals surface area contributed by atoms with E-state index in [-0.39, 0.29) is 0 Å². The maximum absolute atomic E-state index is 3.06. The minimum Gasteiger partial charge on any atom is -0.309 e. The van der Waals surface area contributed by atoms with Gasteiger partial charge in [0.1, 0.15) is 0 Å². The normalized spacial score (nSPS) is 10.6. The van der Waals surface area contributed by atoms with Crippen molar-refractivity contribution in [2.24, 2.45) is 0 Å². The largest absolute Gasteiger partial charge is 0.309 e. The Hall–Kier alpha value is -0.470. The van der Waals surface area contributed by atoms with E-state index in [0.29, 0.717) is 0 Å². The second-order valence-corrected chi connectivity index (χ2v) is 4.06. The van der Waals surface area contributed by atoms with Crippen LogP contribution in [-0.4, -0.2) is 31.3 Å². The van der Waals surface area contributed by atoms with E-state index in [4.69, 9.17) is 0 Å². The van der Waals surface area contributed by atoms with Gasteiger partial charge in [0.25, 0.3) is 0 Å². The molecule has 0 N–H and O–H groups in total. The van der Waals surface area contributed by atoms with E-state index >= 15 is 0 Å². The minimum absolute atomic E-state index is 1.12. The molecular formula is C10H14NS. The Morgan fingerprint density at radius 2 is 2.33 bits per heavy atom. The van der Waals surface area contributed by atoms with Crippen LogP contribution in [0.2, 0.25) is 0 Å². The number of thioether (sulfide) groups is 1. The van der Waals surface area contributed by atoms with Gasteiger partial charge in [0.15, 0.2) is 0 Å². The molecule has 2 heteroatoms. The lowest BCUT2D eigenvalue weighted by Crippen LogP contribution is -2.14. The van der Waals surface area contributed by atoms with Crippen LogP contribution >= 0.6 is 11.8 Å². The fraction of sp³-hybridized carbons (Fsp3) is 0.400. The number of benzene rings is 1. The van der Waals surface area contributed by atoms with E-state index in [1.54, 1.807) is 0 Å². The minimum atomic E-state index is 1.12. The lowest BCUT2D eigenvalue weighted by molar-refractivity contribution is 0.437. The number of rotatable bonds is 4. The predicted octanol–water partition coefficient (Wildman–Crippen LogP) is 2.14. The van der Waals surface area contributed by atoms with Crippen molar-refractivity contribution in [3.8, 4) is 0 Å². The summed E-state index contributed by atoms with van der Waals surface area (Å²) in [6.45, 7) is 1.12. The highest BCUT2D eigenvalue weighted by Gasteiger charge is 1.92. The predicted molar refractivity (Wildman–Crippen MR) is 54.6 cm³/mol. The molecule has 0 aliphatic rings. The third-order valence-electron chi connectivity index (χ3n) is 1.49. The van der Waals surface area contributed by atoms with Gasteiger partial charge in [0, 0.05) is 17.2 Å². The molecular weight excluding hydrogens is 166 g/mol. The summed E-state index contributed by atoms with van der Waals surface area (Å²) in [7, 11) is 4.19. The maximum Gasteiger partial charge on any atom is 0.0108 e. The lowest BCUT2D eigenvalue weighted by atomic mass is 10.4. The van der Waals surface area contributed by atoms with Crippen LogP contribution in [0.5, 0.6) is 0 Å². The highest BCUT2D eigenvalue weighted by molar-refractivity contribution is 7.99. The van der Waals surface area contributed by atoms with Gasteiger partial charge in [-0.05, 0) is 32.3 Å². The van der Waals surface area contributed by atoms with Crippen LogP contribution in [0.4, 0.5) is 0 Å². The van der Waals surface area contributed by atoms with Crippen molar-refractivity contribution in [1.82, 2.24) is 4.90 Å². The molecule has 0 atom stereocenters. The molecule has 12 heavy (non-hydrogen) atoms. The van der Waals surface area contributed by atoms with Gasteiger partial charge in [-0.3, -0.25) is 0 Å². The van der Waals surface area contributed by atoms with E-state index in [2.05, 4.69) is 31.1 Å². The van der Waals surface area contributed by atoms with Crippen LogP contribution in [0.15, 0.2) is 29.2 Å². The molecule has 0 heterocycles. The zero-order valence-electron chi connectivity index (χ0n) is 7.58. The van der Waals surface area contributed by atoms with Gasteiger partial charge in [-0.25, -0.2) is 0 Å². The molecule has 0 fully saturated rings. The molecule has 1 nitrogen and oxygen atoms in total. The maximum atomic E-state index is 3.06. The monoisotopic (exact) mass is 180 g/mol. The smallest absolute Gasteiger partial charge is 0.0108 e. The van der Waals surface area contributed by atoms with Crippen molar-refractivity contribution in [2.75, 3.05) is 26.4 Å². The zero-order chi connectivity index (χ0) is 8.81. The van der Waals surface area contributed by atoms with E-state index in [1.165, 1.54) is 4.90 Å². The molecule has 0 aromatic heterocycles. The van der Waals surface area contributed by atoms with Crippen molar-refractivity contribution in [1.29, 1.82) is 0 Å². The fourth-order valence-electron chi connectivity index (χ4n) is 0.813. The summed E-state index contributed by atoms with van der Waals surface area (Å²) < 4.78 is 0. The first-order valence-electron chi connectivity index (χ1n) is 4.02. The average Bonchev–Trinajstić information content (AvgIpc) is 2.05. The topological polar surface area (TPSA) is 3.24 Å². The van der Waals surface area contributed by atoms with Gasteiger partial charge < -0.3 is 4.90 Å². The Labute approximate surface area is 78.8 Å². The molecule has 0 aliphatic heterocycles. The second kappa shape index (κ2) is 5.22. The first-order valence-corrected chi connectivity index (χ1v) is 5.01. The third-order valence-corrected chi connectivity index (χ3v) is 2.46. The van der Waals surface area contributed by atoms with Crippen LogP contribution < -0.4 is 0 Å². The summed E-state index contributed by atoms with van der Waals surface area (Å²) in [5.74, 6) is 1.14. The standard InChI is InChI=1S/C10H14NS/c1-11(2)8-9-12-10-6-4-3-5-7-10/h3-4,6-7H,8-9H2,1-2H3. The Morgan fingerprint density at radius 3 is 2.92 bits per heavy atom. The third kappa shape index (κ3) is 3.79. The van der Waals surface area contributed by atoms with Gasteiger partial charge in [-0.15, -0.1) is 11.8 Å². The zero-order valence-corrected chi connectivity index (χ0v) is 8.40. The highest BCUT2D eigenvalue weighted by Crippen LogP contribution is 2.15. The molecule has 1 aromatic rings. The summed E-state index contributed by atoms with van der Waals surface area (Å²) in [5, 5.41) is 0. The Bertz CT molecular complexity index is 208. The van der Waals surface area contributed by atoms with Crippen LogP contribution in [0, 0.1) is 6.07 Å². The molecule has 1 aromatic carbocycles. The summed E-state index contributed by atoms with van der Waals surface area (Å²) in [6, 6.07) is 11.2. The molecule has 0 aliphatic carbocycles. The molecule has 0 saturated heterocycles. The van der Waals surface area contributed by atoms with Gasteiger partial charge in [0.2, 0.25) is 0 Å². The molecule has 0 bridgehead atoms. The van der Waals surface area contributed by atoms with Crippen molar-refractivity contribution in [3.05, 3.63) is 30.3 Å². The molecule has 65 valence electrons. The number of hydrogen-bond donors (Lipinski definition) is 0. The van der Waals surface area contributed by atoms with Crippen LogP contribution in [0.25, 0.3) is 0 Å². The highest BCUT2D eigenvalue weighted by atomic mass is 32.2. The SMILES string of the molecule is CN(C)CCSc1c[c]ccc1. The van der Waals surface area contributed by atoms with Gasteiger partial charge >= 0.3 is 0 Å². The summed E-state index contributed by atoms with van der Waals surface area (Å²) in [6.07, 6.45) is 0. The van der Waals surface area contributed by atoms with Gasteiger partial charge in [0.05, 0.1) is 0 Å². The van der Waals surface area contributed by atoms with Crippen LogP contribution in [0.1, 0.15) is 0 Å². The van der Waals surface area contributed by atoms with Crippen LogP contribution in [0.3, 0.4) is 0 Å². The van der Waals surface area contributed by atoms with Crippen molar-refractivity contribution < 1.29 is 0 Å².